The molecule has 0 aromatic carbocycles. The molecule has 0 saturated carbocycles. The van der Waals surface area contributed by atoms with Crippen molar-refractivity contribution in [3.63, 3.8) is 0 Å². The van der Waals surface area contributed by atoms with Crippen LogP contribution < -0.4 is 4.90 Å². The number of rotatable bonds is 3. The summed E-state index contributed by atoms with van der Waals surface area (Å²) in [6.07, 6.45) is 3.72. The number of carbonyl (C=O) groups is 3. The molecule has 3 aliphatic rings. The van der Waals surface area contributed by atoms with Gasteiger partial charge < -0.3 is 28.9 Å². The van der Waals surface area contributed by atoms with Crippen molar-refractivity contribution >= 4 is 30.0 Å². The van der Waals surface area contributed by atoms with Crippen molar-refractivity contribution in [3.05, 3.63) is 29.0 Å². The minimum atomic E-state index is -0.545. The minimum Gasteiger partial charge on any atom is -0.466 e. The Morgan fingerprint density at radius 1 is 0.825 bits per heavy atom. The third-order valence-electron chi connectivity index (χ3n) is 7.18. The first kappa shape index (κ1) is 29.6. The molecule has 2 fully saturated rings. The zero-order valence-corrected chi connectivity index (χ0v) is 24.9. The number of carbonyl (C=O) groups excluding carboxylic acids is 3. The average molecular weight is 558 g/mol. The van der Waals surface area contributed by atoms with Crippen LogP contribution in [0, 0.1) is 0 Å². The molecule has 40 heavy (non-hydrogen) atoms. The van der Waals surface area contributed by atoms with Crippen molar-refractivity contribution in [3.8, 4) is 0 Å². The van der Waals surface area contributed by atoms with Crippen LogP contribution in [0.2, 0.25) is 0 Å². The van der Waals surface area contributed by atoms with Gasteiger partial charge in [0.15, 0.2) is 0 Å². The Balaban J connectivity index is 1.44. The van der Waals surface area contributed by atoms with E-state index in [4.69, 9.17) is 14.2 Å². The predicted molar refractivity (Wildman–Crippen MR) is 151 cm³/mol. The Morgan fingerprint density at radius 2 is 1.35 bits per heavy atom. The third-order valence-corrected chi connectivity index (χ3v) is 7.18. The molecule has 11 nitrogen and oxygen atoms in total. The normalized spacial score (nSPS) is 20.4. The number of nitrogens with zero attached hydrogens (tertiary/aromatic N) is 5. The Hall–Kier alpha value is -3.34. The van der Waals surface area contributed by atoms with E-state index < -0.39 is 11.2 Å². The summed E-state index contributed by atoms with van der Waals surface area (Å²) in [6.45, 7) is 15.9. The maximum Gasteiger partial charge on any atom is 0.410 e. The summed E-state index contributed by atoms with van der Waals surface area (Å²) in [5.41, 5.74) is 1.54. The van der Waals surface area contributed by atoms with E-state index in [1.165, 1.54) is 7.11 Å². The molecule has 220 valence electrons. The second-order valence-corrected chi connectivity index (χ2v) is 12.5. The Bertz CT molecular complexity index is 1140. The Morgan fingerprint density at radius 3 is 1.85 bits per heavy atom. The molecular formula is C29H43N5O6. The van der Waals surface area contributed by atoms with Crippen LogP contribution in [0.5, 0.6) is 0 Å². The van der Waals surface area contributed by atoms with E-state index in [2.05, 4.69) is 20.9 Å². The molecule has 1 atom stereocenters. The minimum absolute atomic E-state index is 0.167. The summed E-state index contributed by atoms with van der Waals surface area (Å²) >= 11 is 0. The highest BCUT2D eigenvalue weighted by Gasteiger charge is 2.35. The van der Waals surface area contributed by atoms with Gasteiger partial charge in [-0.15, -0.1) is 0 Å². The molecule has 2 amide bonds. The number of aromatic nitrogens is 1. The Kier molecular flexibility index (Phi) is 8.63. The van der Waals surface area contributed by atoms with Crippen molar-refractivity contribution in [2.75, 3.05) is 64.4 Å². The van der Waals surface area contributed by atoms with Crippen molar-refractivity contribution in [2.24, 2.45) is 0 Å². The summed E-state index contributed by atoms with van der Waals surface area (Å²) < 4.78 is 16.2. The van der Waals surface area contributed by atoms with Gasteiger partial charge in [-0.05, 0) is 71.2 Å². The summed E-state index contributed by atoms with van der Waals surface area (Å²) in [6, 6.07) is 1.92. The fraction of sp³-hybridized carbons (Fsp3) is 0.655. The molecule has 3 heterocycles. The first-order valence-corrected chi connectivity index (χ1v) is 14.0. The molecule has 1 aromatic heterocycles. The van der Waals surface area contributed by atoms with Crippen LogP contribution >= 0.6 is 0 Å². The lowest BCUT2D eigenvalue weighted by Gasteiger charge is -2.41. The number of amides is 2. The first-order chi connectivity index (χ1) is 18.7. The van der Waals surface area contributed by atoms with Gasteiger partial charge in [-0.3, -0.25) is 4.90 Å². The molecule has 1 aliphatic carbocycles. The van der Waals surface area contributed by atoms with Crippen molar-refractivity contribution in [1.29, 1.82) is 0 Å². The molecule has 2 aliphatic heterocycles. The second kappa shape index (κ2) is 11.6. The number of esters is 1. The van der Waals surface area contributed by atoms with Gasteiger partial charge in [0.05, 0.1) is 12.7 Å². The van der Waals surface area contributed by atoms with Crippen molar-refractivity contribution < 1.29 is 28.6 Å². The average Bonchev–Trinajstić information content (AvgIpc) is 2.90. The highest BCUT2D eigenvalue weighted by Crippen LogP contribution is 2.31. The quantitative estimate of drug-likeness (QED) is 0.409. The fourth-order valence-corrected chi connectivity index (χ4v) is 5.18. The molecule has 11 heteroatoms. The molecule has 0 spiro atoms. The topological polar surface area (TPSA) is 105 Å². The van der Waals surface area contributed by atoms with Gasteiger partial charge in [0.25, 0.3) is 0 Å². The van der Waals surface area contributed by atoms with Gasteiger partial charge in [0, 0.05) is 64.6 Å². The van der Waals surface area contributed by atoms with Gasteiger partial charge in [-0.25, -0.2) is 19.4 Å². The highest BCUT2D eigenvalue weighted by molar-refractivity contribution is 5.96. The van der Waals surface area contributed by atoms with Crippen LogP contribution in [0.25, 0.3) is 6.08 Å². The molecule has 0 bridgehead atoms. The first-order valence-electron chi connectivity index (χ1n) is 14.0. The van der Waals surface area contributed by atoms with Gasteiger partial charge in [0.1, 0.15) is 17.0 Å². The number of ether oxygens (including phenoxy) is 3. The summed E-state index contributed by atoms with van der Waals surface area (Å²) in [7, 11) is 1.40. The van der Waals surface area contributed by atoms with E-state index >= 15 is 0 Å². The Labute approximate surface area is 237 Å². The fourth-order valence-electron chi connectivity index (χ4n) is 5.18. The third kappa shape index (κ3) is 7.24. The zero-order chi connectivity index (χ0) is 29.2. The molecule has 4 rings (SSSR count). The SMILES string of the molecule is COC(=O)C1=Cc2cnc(N3CCN(C(=O)OC(C)(C)C)CC3)cc2CC1N1CCN(C(=O)OC(C)(C)C)CC1. The standard InChI is InChI=1S/C29H43N5O6/c1-28(2,3)39-26(36)33-12-8-31(9-13-33)23-17-20-18-24(30-19-21(20)16-22(23)25(35)38-7)32-10-14-34(15-11-32)27(37)40-29(4,5)6/h16,18-19,23H,8-15,17H2,1-7H3. The van der Waals surface area contributed by atoms with Gasteiger partial charge >= 0.3 is 18.2 Å². The maximum absolute atomic E-state index is 12.8. The van der Waals surface area contributed by atoms with E-state index in [1.54, 1.807) is 9.80 Å². The monoisotopic (exact) mass is 557 g/mol. The smallest absolute Gasteiger partial charge is 0.410 e. The van der Waals surface area contributed by atoms with Crippen LogP contribution in [0.4, 0.5) is 15.4 Å². The van der Waals surface area contributed by atoms with Crippen LogP contribution in [0.3, 0.4) is 0 Å². The second-order valence-electron chi connectivity index (χ2n) is 12.5. The lowest BCUT2D eigenvalue weighted by atomic mass is 9.87. The number of methoxy groups -OCH3 is 1. The van der Waals surface area contributed by atoms with E-state index in [0.717, 1.165) is 16.9 Å². The highest BCUT2D eigenvalue weighted by atomic mass is 16.6. The van der Waals surface area contributed by atoms with E-state index in [-0.39, 0.29) is 24.2 Å². The summed E-state index contributed by atoms with van der Waals surface area (Å²) in [4.78, 5) is 50.3. The van der Waals surface area contributed by atoms with E-state index in [1.807, 2.05) is 53.8 Å². The van der Waals surface area contributed by atoms with Crippen LogP contribution in [0.1, 0.15) is 52.7 Å². The predicted octanol–water partition coefficient (Wildman–Crippen LogP) is 3.17. The molecular weight excluding hydrogens is 514 g/mol. The lowest BCUT2D eigenvalue weighted by molar-refractivity contribution is -0.137. The molecule has 2 saturated heterocycles. The molecule has 1 unspecified atom stereocenters. The van der Waals surface area contributed by atoms with Crippen LogP contribution in [-0.4, -0.2) is 115 Å². The lowest BCUT2D eigenvalue weighted by Crippen LogP contribution is -2.54. The number of fused-ring (bicyclic) bond motifs is 1. The van der Waals surface area contributed by atoms with Crippen LogP contribution in [0.15, 0.2) is 17.8 Å². The largest absolute Gasteiger partial charge is 0.466 e. The molecule has 0 radical (unpaired) electrons. The molecule has 0 N–H and O–H groups in total. The van der Waals surface area contributed by atoms with Crippen molar-refractivity contribution in [2.45, 2.75) is 65.2 Å². The van der Waals surface area contributed by atoms with Crippen molar-refractivity contribution in [1.82, 2.24) is 19.7 Å². The molecule has 1 aromatic rings. The number of anilines is 1. The summed E-state index contributed by atoms with van der Waals surface area (Å²) in [5.74, 6) is 0.499. The number of hydrogen-bond acceptors (Lipinski definition) is 9. The number of pyridine rings is 1. The van der Waals surface area contributed by atoms with E-state index in [0.29, 0.717) is 64.4 Å². The van der Waals surface area contributed by atoms with Gasteiger partial charge in [0.2, 0.25) is 0 Å². The van der Waals surface area contributed by atoms with Gasteiger partial charge in [-0.1, -0.05) is 0 Å². The van der Waals surface area contributed by atoms with Crippen LogP contribution in [-0.2, 0) is 25.4 Å². The van der Waals surface area contributed by atoms with E-state index in [9.17, 15) is 14.4 Å². The summed E-state index contributed by atoms with van der Waals surface area (Å²) in [5, 5.41) is 0. The van der Waals surface area contributed by atoms with Gasteiger partial charge in [-0.2, -0.15) is 0 Å². The zero-order valence-electron chi connectivity index (χ0n) is 24.9. The maximum atomic E-state index is 12.8. The number of piperazine rings is 2. The number of hydrogen-bond donors (Lipinski definition) is 0.